The van der Waals surface area contributed by atoms with E-state index in [2.05, 4.69) is 254 Å². The fourth-order valence-electron chi connectivity index (χ4n) is 11.2. The molecule has 0 aliphatic carbocycles. The minimum atomic E-state index is -0.0927. The first-order chi connectivity index (χ1) is 37.3. The maximum Gasteiger partial charge on any atom is 0.137 e. The smallest absolute Gasteiger partial charge is 0.137 e. The number of furan rings is 1. The van der Waals surface area contributed by atoms with Crippen LogP contribution in [0.5, 0.6) is 11.5 Å². The van der Waals surface area contributed by atoms with Gasteiger partial charge < -0.3 is 23.5 Å². The third-order valence-corrected chi connectivity index (χ3v) is 14.7. The summed E-state index contributed by atoms with van der Waals surface area (Å²) in [5, 5.41) is 4.21. The van der Waals surface area contributed by atoms with Crippen LogP contribution in [0.4, 0.5) is 22.7 Å². The van der Waals surface area contributed by atoms with Gasteiger partial charge in [-0.05, 0) is 86.1 Å². The molecule has 0 N–H and O–H groups in total. The fourth-order valence-corrected chi connectivity index (χ4v) is 11.2. The number of rotatable bonds is 9. The van der Waals surface area contributed by atoms with Gasteiger partial charge in [0.05, 0.1) is 10.9 Å². The monoisotopic (exact) mass is 1170 g/mol. The number of para-hydroxylation sites is 4. The molecule has 1 aliphatic rings. The van der Waals surface area contributed by atoms with Gasteiger partial charge in [-0.3, -0.25) is 0 Å². The minimum absolute atomic E-state index is 0. The maximum absolute atomic E-state index is 6.84. The second kappa shape index (κ2) is 19.3. The molecule has 0 spiro atoms. The van der Waals surface area contributed by atoms with Gasteiger partial charge >= 0.3 is 0 Å². The summed E-state index contributed by atoms with van der Waals surface area (Å²) in [5.74, 6) is 1.92. The van der Waals surface area contributed by atoms with E-state index in [1.54, 1.807) is 0 Å². The predicted molar refractivity (Wildman–Crippen MR) is 312 cm³/mol. The Bertz CT molecular complexity index is 4260. The van der Waals surface area contributed by atoms with Crippen LogP contribution in [0.25, 0.3) is 94.1 Å². The number of nitrogens with zero attached hydrogens (tertiary/aromatic N) is 4. The van der Waals surface area contributed by atoms with E-state index < -0.39 is 0 Å². The third kappa shape index (κ3) is 8.28. The number of pyridine rings is 1. The molecule has 14 rings (SSSR count). The van der Waals surface area contributed by atoms with Crippen molar-refractivity contribution in [1.29, 1.82) is 0 Å². The van der Waals surface area contributed by atoms with Crippen molar-refractivity contribution in [2.24, 2.45) is 0 Å². The van der Waals surface area contributed by atoms with E-state index in [1.807, 2.05) is 36.5 Å². The van der Waals surface area contributed by atoms with Gasteiger partial charge in [0.1, 0.15) is 17.0 Å². The molecule has 13 aromatic rings. The second-order valence-electron chi connectivity index (χ2n) is 20.4. The Morgan fingerprint density at radius 2 is 1.05 bits per heavy atom. The van der Waals surface area contributed by atoms with Crippen molar-refractivity contribution < 1.29 is 30.2 Å². The molecule has 0 saturated heterocycles. The Balaban J connectivity index is 0.00000566. The van der Waals surface area contributed by atoms with Crippen LogP contribution in [0, 0.1) is 18.8 Å². The fraction of sp³-hybridized carbons (Fsp3) is 0.0571. The molecule has 0 radical (unpaired) electrons. The average Bonchev–Trinajstić information content (AvgIpc) is 4.15. The topological polar surface area (TPSA) is 46.7 Å². The summed E-state index contributed by atoms with van der Waals surface area (Å²) >= 11 is 0. The number of hydrogen-bond acceptors (Lipinski definition) is 5. The Hall–Kier alpha value is -8.96. The van der Waals surface area contributed by atoms with Crippen molar-refractivity contribution in [3.8, 4) is 61.8 Å². The van der Waals surface area contributed by atoms with E-state index >= 15 is 0 Å². The zero-order valence-electron chi connectivity index (χ0n) is 42.5. The molecule has 1 aliphatic heterocycles. The molecule has 3 aromatic heterocycles. The number of benzene rings is 10. The van der Waals surface area contributed by atoms with Crippen LogP contribution in [0.2, 0.25) is 0 Å². The van der Waals surface area contributed by atoms with Crippen molar-refractivity contribution in [3.05, 3.63) is 261 Å². The Morgan fingerprint density at radius 1 is 0.481 bits per heavy atom. The number of fused-ring (bicyclic) bond motifs is 8. The molecule has 77 heavy (non-hydrogen) atoms. The van der Waals surface area contributed by atoms with E-state index in [0.29, 0.717) is 11.5 Å². The van der Waals surface area contributed by atoms with Gasteiger partial charge in [0, 0.05) is 72.3 Å². The SMILES string of the molecule is CC(C)(C)c1ccnc(-n2c3[c-]c(Oc4[c-]c(N5[CH-]N(c6c(-c7ccccc7-c7ccccc7)cccc6-c6ccccc6-c6ccccc6)c6ccccc65)ccc4)ccc3c3ccc4oc5ccccc5c4c32)c1.[Pt]. The second-order valence-corrected chi connectivity index (χ2v) is 20.4. The van der Waals surface area contributed by atoms with Crippen molar-refractivity contribution in [1.82, 2.24) is 9.55 Å². The van der Waals surface area contributed by atoms with Crippen LogP contribution in [-0.2, 0) is 26.5 Å². The van der Waals surface area contributed by atoms with E-state index in [4.69, 9.17) is 14.1 Å². The van der Waals surface area contributed by atoms with E-state index in [1.165, 1.54) is 5.56 Å². The Kier molecular flexibility index (Phi) is 12.0. The van der Waals surface area contributed by atoms with E-state index in [0.717, 1.165) is 117 Å². The van der Waals surface area contributed by atoms with Gasteiger partial charge in [0.2, 0.25) is 0 Å². The molecule has 0 amide bonds. The largest absolute Gasteiger partial charge is 0.509 e. The van der Waals surface area contributed by atoms with E-state index in [9.17, 15) is 0 Å². The number of aromatic nitrogens is 2. The third-order valence-electron chi connectivity index (χ3n) is 14.7. The van der Waals surface area contributed by atoms with E-state index in [-0.39, 0.29) is 26.5 Å². The first kappa shape index (κ1) is 47.7. The van der Waals surface area contributed by atoms with Gasteiger partial charge in [-0.1, -0.05) is 190 Å². The van der Waals surface area contributed by atoms with Crippen molar-refractivity contribution in [2.75, 3.05) is 9.80 Å². The van der Waals surface area contributed by atoms with Crippen LogP contribution in [0.1, 0.15) is 26.3 Å². The summed E-state index contributed by atoms with van der Waals surface area (Å²) in [6.07, 6.45) is 1.91. The summed E-state index contributed by atoms with van der Waals surface area (Å²) in [7, 11) is 0. The molecular formula is C70H49N4O2Pt-3. The number of anilines is 4. The maximum atomic E-state index is 6.84. The first-order valence-electron chi connectivity index (χ1n) is 25.8. The standard InChI is InChI=1S/C70H49N4O2.Pt/c1-70(2,3)48-40-41-71-66(42-48)74-63-44-51(36-37-56(63)59-38-39-65-67(69(59)74)60-30-14-17-35-64(60)76-65)75-50-25-18-24-49(43-50)72-45-73(62-34-16-15-33-61(62)72)68-57(54-28-12-10-26-52(54)46-20-6-4-7-21-46)31-19-32-58(68)55-29-13-11-27-53(55)47-22-8-5-9-23-47;/h4-42,45H,1-3H3;/q-3;. The van der Waals surface area contributed by atoms with Crippen molar-refractivity contribution >= 4 is 66.5 Å². The minimum Gasteiger partial charge on any atom is -0.509 e. The van der Waals surface area contributed by atoms with Gasteiger partial charge in [-0.15, -0.1) is 48.1 Å². The number of hydrogen-bond donors (Lipinski definition) is 0. The first-order valence-corrected chi connectivity index (χ1v) is 25.8. The van der Waals surface area contributed by atoms with Crippen LogP contribution in [-0.4, -0.2) is 9.55 Å². The summed E-state index contributed by atoms with van der Waals surface area (Å²) in [6.45, 7) is 8.89. The number of ether oxygens (including phenoxy) is 1. The molecule has 7 heteroatoms. The molecule has 0 unspecified atom stereocenters. The molecule has 374 valence electrons. The molecule has 0 bridgehead atoms. The van der Waals surface area contributed by atoms with Gasteiger partial charge in [0.15, 0.2) is 0 Å². The molecule has 0 fully saturated rings. The average molecular weight is 1170 g/mol. The molecular weight excluding hydrogens is 1120 g/mol. The zero-order valence-corrected chi connectivity index (χ0v) is 44.8. The van der Waals surface area contributed by atoms with Crippen molar-refractivity contribution in [2.45, 2.75) is 26.2 Å². The van der Waals surface area contributed by atoms with Crippen LogP contribution in [0.3, 0.4) is 0 Å². The molecule has 0 saturated carbocycles. The molecule has 10 aromatic carbocycles. The van der Waals surface area contributed by atoms with Crippen molar-refractivity contribution in [3.63, 3.8) is 0 Å². The molecule has 4 heterocycles. The predicted octanol–water partition coefficient (Wildman–Crippen LogP) is 18.8. The van der Waals surface area contributed by atoms with Crippen LogP contribution < -0.4 is 14.5 Å². The molecule has 0 atom stereocenters. The van der Waals surface area contributed by atoms with Gasteiger partial charge in [0.25, 0.3) is 0 Å². The Morgan fingerprint density at radius 3 is 1.74 bits per heavy atom. The summed E-state index contributed by atoms with van der Waals surface area (Å²) in [6, 6.07) is 88.5. The van der Waals surface area contributed by atoms with Crippen LogP contribution >= 0.6 is 0 Å². The summed E-state index contributed by atoms with van der Waals surface area (Å²) < 4.78 is 15.5. The Labute approximate surface area is 462 Å². The summed E-state index contributed by atoms with van der Waals surface area (Å²) in [5.41, 5.74) is 17.7. The quantitative estimate of drug-likeness (QED) is 0.135. The zero-order chi connectivity index (χ0) is 50.9. The summed E-state index contributed by atoms with van der Waals surface area (Å²) in [4.78, 5) is 9.59. The molecule has 6 nitrogen and oxygen atoms in total. The van der Waals surface area contributed by atoms with Gasteiger partial charge in [-0.25, -0.2) is 4.98 Å². The van der Waals surface area contributed by atoms with Gasteiger partial charge in [-0.2, -0.15) is 12.1 Å². The normalized spacial score (nSPS) is 12.4. The van der Waals surface area contributed by atoms with Crippen LogP contribution in [0.15, 0.2) is 241 Å².